The molecule has 3 nitrogen and oxygen atoms in total. The standard InChI is InChI=1S/C24H26F6N2O/c1-15(17-11-19(23(25,26)27)13-20(12-17)24(28,29)30)21(33)32-22(18-5-3-2-4-6-18)9-7-16(14-31)8-10-22/h2-6,11-13,15-16H,7-10,14,31H2,1H3,(H,32,33)/t15?,16-,22-. The second-order valence-corrected chi connectivity index (χ2v) is 8.68. The Kier molecular flexibility index (Phi) is 7.12. The van der Waals surface area contributed by atoms with E-state index in [1.54, 1.807) is 0 Å². The number of nitrogens with one attached hydrogen (secondary N) is 1. The van der Waals surface area contributed by atoms with Crippen LogP contribution in [0.25, 0.3) is 0 Å². The Morgan fingerprint density at radius 2 is 1.52 bits per heavy atom. The van der Waals surface area contributed by atoms with Crippen molar-refractivity contribution in [3.05, 3.63) is 70.8 Å². The summed E-state index contributed by atoms with van der Waals surface area (Å²) in [6, 6.07) is 10.5. The van der Waals surface area contributed by atoms with Gasteiger partial charge in [-0.25, -0.2) is 0 Å². The third kappa shape index (κ3) is 5.69. The Morgan fingerprint density at radius 1 is 1.00 bits per heavy atom. The highest BCUT2D eigenvalue weighted by Gasteiger charge is 2.40. The van der Waals surface area contributed by atoms with Crippen LogP contribution in [-0.2, 0) is 22.7 Å². The molecule has 0 aliphatic heterocycles. The fraction of sp³-hybridized carbons (Fsp3) is 0.458. The molecule has 1 aliphatic carbocycles. The van der Waals surface area contributed by atoms with E-state index in [1.165, 1.54) is 6.92 Å². The molecule has 0 heterocycles. The molecule has 1 atom stereocenters. The fourth-order valence-electron chi connectivity index (χ4n) is 4.37. The molecule has 2 aromatic rings. The minimum Gasteiger partial charge on any atom is -0.346 e. The maximum Gasteiger partial charge on any atom is 0.416 e. The first-order valence-electron chi connectivity index (χ1n) is 10.7. The molecule has 0 bridgehead atoms. The van der Waals surface area contributed by atoms with Crippen LogP contribution >= 0.6 is 0 Å². The van der Waals surface area contributed by atoms with Crippen LogP contribution in [0.3, 0.4) is 0 Å². The van der Waals surface area contributed by atoms with Crippen LogP contribution in [-0.4, -0.2) is 12.5 Å². The van der Waals surface area contributed by atoms with Crippen molar-refractivity contribution < 1.29 is 31.1 Å². The predicted molar refractivity (Wildman–Crippen MR) is 112 cm³/mol. The maximum absolute atomic E-state index is 13.2. The van der Waals surface area contributed by atoms with Gasteiger partial charge in [0.25, 0.3) is 0 Å². The van der Waals surface area contributed by atoms with Crippen molar-refractivity contribution in [1.29, 1.82) is 0 Å². The number of carbonyl (C=O) groups excluding carboxylic acids is 1. The van der Waals surface area contributed by atoms with Crippen molar-refractivity contribution in [1.82, 2.24) is 5.32 Å². The lowest BCUT2D eigenvalue weighted by molar-refractivity contribution is -0.143. The summed E-state index contributed by atoms with van der Waals surface area (Å²) >= 11 is 0. The zero-order valence-electron chi connectivity index (χ0n) is 18.1. The second kappa shape index (κ2) is 9.37. The van der Waals surface area contributed by atoms with Crippen LogP contribution in [0.2, 0.25) is 0 Å². The van der Waals surface area contributed by atoms with E-state index in [-0.39, 0.29) is 11.6 Å². The molecule has 0 spiro atoms. The van der Waals surface area contributed by atoms with Crippen molar-refractivity contribution in [3.8, 4) is 0 Å². The lowest BCUT2D eigenvalue weighted by Gasteiger charge is -2.42. The molecule has 3 rings (SSSR count). The normalized spacial score (nSPS) is 22.6. The quantitative estimate of drug-likeness (QED) is 0.526. The fourth-order valence-corrected chi connectivity index (χ4v) is 4.37. The summed E-state index contributed by atoms with van der Waals surface area (Å²) in [6.07, 6.45) is -7.29. The van der Waals surface area contributed by atoms with Gasteiger partial charge >= 0.3 is 12.4 Å². The van der Waals surface area contributed by atoms with Gasteiger partial charge in [0.1, 0.15) is 0 Å². The number of hydrogen-bond acceptors (Lipinski definition) is 2. The largest absolute Gasteiger partial charge is 0.416 e. The van der Waals surface area contributed by atoms with Crippen LogP contribution < -0.4 is 11.1 Å². The van der Waals surface area contributed by atoms with Crippen molar-refractivity contribution in [2.24, 2.45) is 11.7 Å². The number of amides is 1. The van der Waals surface area contributed by atoms with E-state index >= 15 is 0 Å². The Hall–Kier alpha value is -2.55. The summed E-state index contributed by atoms with van der Waals surface area (Å²) in [4.78, 5) is 13.2. The first kappa shape index (κ1) is 25.1. The first-order valence-corrected chi connectivity index (χ1v) is 10.7. The van der Waals surface area contributed by atoms with E-state index in [0.717, 1.165) is 18.4 Å². The van der Waals surface area contributed by atoms with Crippen LogP contribution in [0.4, 0.5) is 26.3 Å². The summed E-state index contributed by atoms with van der Waals surface area (Å²) in [6.45, 7) is 1.83. The number of carbonyl (C=O) groups is 1. The van der Waals surface area contributed by atoms with Crippen LogP contribution in [0.15, 0.2) is 48.5 Å². The monoisotopic (exact) mass is 472 g/mol. The highest BCUT2D eigenvalue weighted by Crippen LogP contribution is 2.41. The van der Waals surface area contributed by atoms with Gasteiger partial charge < -0.3 is 11.1 Å². The molecule has 1 saturated carbocycles. The van der Waals surface area contributed by atoms with E-state index in [4.69, 9.17) is 5.73 Å². The number of hydrogen-bond donors (Lipinski definition) is 2. The average Bonchev–Trinajstić information content (AvgIpc) is 2.78. The van der Waals surface area contributed by atoms with Gasteiger partial charge in [-0.2, -0.15) is 26.3 Å². The third-order valence-corrected chi connectivity index (χ3v) is 6.48. The molecule has 33 heavy (non-hydrogen) atoms. The number of benzene rings is 2. The molecule has 1 amide bonds. The minimum absolute atomic E-state index is 0.0632. The van der Waals surface area contributed by atoms with Gasteiger partial charge in [-0.1, -0.05) is 30.3 Å². The Balaban J connectivity index is 1.94. The highest BCUT2D eigenvalue weighted by molar-refractivity contribution is 5.84. The van der Waals surface area contributed by atoms with Crippen molar-refractivity contribution >= 4 is 5.91 Å². The second-order valence-electron chi connectivity index (χ2n) is 8.68. The molecular weight excluding hydrogens is 446 g/mol. The molecule has 0 radical (unpaired) electrons. The Bertz CT molecular complexity index is 931. The van der Waals surface area contributed by atoms with Gasteiger partial charge in [0.2, 0.25) is 5.91 Å². The number of halogens is 6. The van der Waals surface area contributed by atoms with Gasteiger partial charge in [-0.05, 0) is 74.4 Å². The molecule has 3 N–H and O–H groups in total. The van der Waals surface area contributed by atoms with Gasteiger partial charge in [-0.3, -0.25) is 4.79 Å². The summed E-state index contributed by atoms with van der Waals surface area (Å²) in [5, 5.41) is 2.97. The van der Waals surface area contributed by atoms with Gasteiger partial charge in [-0.15, -0.1) is 0 Å². The molecule has 9 heteroatoms. The van der Waals surface area contributed by atoms with E-state index in [0.29, 0.717) is 37.4 Å². The first-order chi connectivity index (χ1) is 15.4. The molecule has 2 aromatic carbocycles. The summed E-state index contributed by atoms with van der Waals surface area (Å²) in [5.41, 5.74) is 2.66. The zero-order valence-corrected chi connectivity index (χ0v) is 18.1. The Labute approximate surface area is 188 Å². The smallest absolute Gasteiger partial charge is 0.346 e. The van der Waals surface area contributed by atoms with Crippen molar-refractivity contribution in [2.75, 3.05) is 6.54 Å². The van der Waals surface area contributed by atoms with Gasteiger partial charge in [0.15, 0.2) is 0 Å². The van der Waals surface area contributed by atoms with Crippen LogP contribution in [0, 0.1) is 5.92 Å². The lowest BCUT2D eigenvalue weighted by Crippen LogP contribution is -2.50. The molecule has 0 aromatic heterocycles. The highest BCUT2D eigenvalue weighted by atomic mass is 19.4. The lowest BCUT2D eigenvalue weighted by atomic mass is 9.72. The number of rotatable bonds is 5. The van der Waals surface area contributed by atoms with E-state index in [1.807, 2.05) is 30.3 Å². The van der Waals surface area contributed by atoms with E-state index in [9.17, 15) is 31.1 Å². The SMILES string of the molecule is CC(C(=O)N[C@]1(c2ccccc2)CC[C@@H](CN)CC1)c1cc(C(F)(F)F)cc(C(F)(F)F)c1. The van der Waals surface area contributed by atoms with E-state index < -0.39 is 40.8 Å². The maximum atomic E-state index is 13.2. The van der Waals surface area contributed by atoms with E-state index in [2.05, 4.69) is 5.32 Å². The zero-order chi connectivity index (χ0) is 24.4. The molecule has 0 saturated heterocycles. The summed E-state index contributed by atoms with van der Waals surface area (Å²) < 4.78 is 79.5. The third-order valence-electron chi connectivity index (χ3n) is 6.48. The molecule has 180 valence electrons. The molecular formula is C24H26F6N2O. The predicted octanol–water partition coefficient (Wildman–Crippen LogP) is 5.99. The summed E-state index contributed by atoms with van der Waals surface area (Å²) in [5.74, 6) is -1.55. The average molecular weight is 472 g/mol. The molecule has 1 aliphatic rings. The summed E-state index contributed by atoms with van der Waals surface area (Å²) in [7, 11) is 0. The molecule has 1 fully saturated rings. The number of nitrogens with two attached hydrogens (primary N) is 1. The van der Waals surface area contributed by atoms with Crippen LogP contribution in [0.5, 0.6) is 0 Å². The van der Waals surface area contributed by atoms with Gasteiger partial charge in [0.05, 0.1) is 22.6 Å². The van der Waals surface area contributed by atoms with Crippen LogP contribution in [0.1, 0.15) is 60.8 Å². The van der Waals surface area contributed by atoms with Crippen molar-refractivity contribution in [2.45, 2.75) is 56.4 Å². The Morgan fingerprint density at radius 3 is 1.97 bits per heavy atom. The molecule has 1 unspecified atom stereocenters. The van der Waals surface area contributed by atoms with Gasteiger partial charge in [0, 0.05) is 0 Å². The topological polar surface area (TPSA) is 55.1 Å². The minimum atomic E-state index is -4.97. The number of alkyl halides is 6. The van der Waals surface area contributed by atoms with Crippen molar-refractivity contribution in [3.63, 3.8) is 0 Å².